The molecule has 0 aliphatic carbocycles. The van der Waals surface area contributed by atoms with Crippen LogP contribution in [0.1, 0.15) is 46.4 Å². The lowest BCUT2D eigenvalue weighted by Crippen LogP contribution is -2.29. The van der Waals surface area contributed by atoms with Crippen LogP contribution in [0.25, 0.3) is 0 Å². The molecule has 0 fully saturated rings. The van der Waals surface area contributed by atoms with Crippen molar-refractivity contribution < 1.29 is 13.2 Å². The number of hydrogen-bond acceptors (Lipinski definition) is 3. The average Bonchev–Trinajstić information content (AvgIpc) is 2.77. The van der Waals surface area contributed by atoms with Crippen molar-refractivity contribution in [2.24, 2.45) is 0 Å². The van der Waals surface area contributed by atoms with Gasteiger partial charge in [-0.05, 0) is 61.7 Å². The number of amides is 1. The second-order valence-corrected chi connectivity index (χ2v) is 9.60. The van der Waals surface area contributed by atoms with E-state index in [2.05, 4.69) is 5.32 Å². The van der Waals surface area contributed by atoms with Crippen molar-refractivity contribution in [3.63, 3.8) is 0 Å². The van der Waals surface area contributed by atoms with Gasteiger partial charge in [-0.15, -0.1) is 0 Å². The van der Waals surface area contributed by atoms with Crippen molar-refractivity contribution >= 4 is 21.6 Å². The molecule has 1 unspecified atom stereocenters. The molecule has 0 saturated heterocycles. The Hall–Kier alpha value is -3.12. The van der Waals surface area contributed by atoms with Crippen LogP contribution in [0.3, 0.4) is 0 Å². The van der Waals surface area contributed by atoms with E-state index in [1.54, 1.807) is 48.5 Å². The lowest BCUT2D eigenvalue weighted by molar-refractivity contribution is 0.0935. The molecule has 0 aromatic heterocycles. The van der Waals surface area contributed by atoms with Gasteiger partial charge in [-0.1, -0.05) is 55.0 Å². The van der Waals surface area contributed by atoms with E-state index in [0.29, 0.717) is 11.3 Å². The smallest absolute Gasteiger partial charge is 0.264 e. The molecule has 3 aromatic carbocycles. The minimum absolute atomic E-state index is 0.119. The molecule has 3 aromatic rings. The molecule has 0 aliphatic heterocycles. The molecule has 162 valence electrons. The Morgan fingerprint density at radius 1 is 0.968 bits per heavy atom. The van der Waals surface area contributed by atoms with Gasteiger partial charge in [0.2, 0.25) is 0 Å². The van der Waals surface area contributed by atoms with Crippen molar-refractivity contribution in [1.82, 2.24) is 5.32 Å². The highest BCUT2D eigenvalue weighted by atomic mass is 32.2. The van der Waals surface area contributed by atoms with Crippen molar-refractivity contribution in [2.75, 3.05) is 11.4 Å². The quantitative estimate of drug-likeness (QED) is 0.566. The first kappa shape index (κ1) is 22.6. The third-order valence-corrected chi connectivity index (χ3v) is 7.23. The van der Waals surface area contributed by atoms with Gasteiger partial charge in [0.05, 0.1) is 16.6 Å². The van der Waals surface area contributed by atoms with E-state index in [9.17, 15) is 13.2 Å². The van der Waals surface area contributed by atoms with Crippen molar-refractivity contribution in [2.45, 2.75) is 38.1 Å². The molecular formula is C25H28N2O3S. The maximum atomic E-state index is 13.0. The molecule has 6 heteroatoms. The Balaban J connectivity index is 1.84. The van der Waals surface area contributed by atoms with Crippen LogP contribution in [-0.4, -0.2) is 21.4 Å². The summed E-state index contributed by atoms with van der Waals surface area (Å²) in [6.45, 7) is 5.95. The average molecular weight is 437 g/mol. The topological polar surface area (TPSA) is 66.5 Å². The van der Waals surface area contributed by atoms with E-state index < -0.39 is 10.0 Å². The van der Waals surface area contributed by atoms with E-state index in [-0.39, 0.29) is 16.8 Å². The largest absolute Gasteiger partial charge is 0.345 e. The Kier molecular flexibility index (Phi) is 6.81. The maximum Gasteiger partial charge on any atom is 0.264 e. The number of carbonyl (C=O) groups is 1. The van der Waals surface area contributed by atoms with Crippen LogP contribution in [0.4, 0.5) is 5.69 Å². The van der Waals surface area contributed by atoms with E-state index in [1.807, 2.05) is 45.0 Å². The Morgan fingerprint density at radius 3 is 2.29 bits per heavy atom. The zero-order chi connectivity index (χ0) is 22.6. The highest BCUT2D eigenvalue weighted by molar-refractivity contribution is 7.92. The van der Waals surface area contributed by atoms with Crippen LogP contribution < -0.4 is 9.62 Å². The van der Waals surface area contributed by atoms with E-state index in [4.69, 9.17) is 0 Å². The summed E-state index contributed by atoms with van der Waals surface area (Å²) >= 11 is 0. The SMILES string of the molecule is CCC(NC(=O)c1cccc(N(C)S(=O)(=O)c2ccc(C)cc2)c1)c1ccccc1C. The number of anilines is 1. The summed E-state index contributed by atoms with van der Waals surface area (Å²) in [4.78, 5) is 13.2. The van der Waals surface area contributed by atoms with Crippen molar-refractivity contribution in [3.8, 4) is 0 Å². The van der Waals surface area contributed by atoms with Crippen LogP contribution in [0.2, 0.25) is 0 Å². The number of sulfonamides is 1. The van der Waals surface area contributed by atoms with E-state index >= 15 is 0 Å². The maximum absolute atomic E-state index is 13.0. The number of benzene rings is 3. The summed E-state index contributed by atoms with van der Waals surface area (Å²) in [5.41, 5.74) is 4.02. The lowest BCUT2D eigenvalue weighted by atomic mass is 9.99. The Morgan fingerprint density at radius 2 is 1.65 bits per heavy atom. The van der Waals surface area contributed by atoms with Gasteiger partial charge in [0.1, 0.15) is 0 Å². The summed E-state index contributed by atoms with van der Waals surface area (Å²) in [7, 11) is -2.23. The molecule has 0 bridgehead atoms. The number of nitrogens with zero attached hydrogens (tertiary/aromatic N) is 1. The molecule has 1 atom stereocenters. The zero-order valence-corrected chi connectivity index (χ0v) is 19.1. The van der Waals surface area contributed by atoms with Gasteiger partial charge in [-0.2, -0.15) is 0 Å². The summed E-state index contributed by atoms with van der Waals surface area (Å²) in [5.74, 6) is -0.238. The fourth-order valence-electron chi connectivity index (χ4n) is 3.47. The first-order valence-electron chi connectivity index (χ1n) is 10.3. The molecule has 31 heavy (non-hydrogen) atoms. The summed E-state index contributed by atoms with van der Waals surface area (Å²) < 4.78 is 27.2. The first-order valence-corrected chi connectivity index (χ1v) is 11.7. The second kappa shape index (κ2) is 9.35. The predicted molar refractivity (Wildman–Crippen MR) is 125 cm³/mol. The van der Waals surface area contributed by atoms with Gasteiger partial charge in [0, 0.05) is 12.6 Å². The summed E-state index contributed by atoms with van der Waals surface area (Å²) in [6.07, 6.45) is 0.748. The molecule has 3 rings (SSSR count). The van der Waals surface area contributed by atoms with Crippen molar-refractivity contribution in [1.29, 1.82) is 0 Å². The van der Waals surface area contributed by atoms with Crippen LogP contribution in [0.5, 0.6) is 0 Å². The number of hydrogen-bond donors (Lipinski definition) is 1. The van der Waals surface area contributed by atoms with Gasteiger partial charge < -0.3 is 5.32 Å². The van der Waals surface area contributed by atoms with Crippen molar-refractivity contribution in [3.05, 3.63) is 95.1 Å². The van der Waals surface area contributed by atoms with Gasteiger partial charge in [0.15, 0.2) is 0 Å². The second-order valence-electron chi connectivity index (χ2n) is 7.63. The number of rotatable bonds is 7. The lowest BCUT2D eigenvalue weighted by Gasteiger charge is -2.22. The number of nitrogens with one attached hydrogen (secondary N) is 1. The predicted octanol–water partition coefficient (Wildman–Crippen LogP) is 5.01. The molecule has 0 aliphatic rings. The first-order chi connectivity index (χ1) is 14.7. The molecule has 0 saturated carbocycles. The highest BCUT2D eigenvalue weighted by Crippen LogP contribution is 2.25. The normalized spacial score (nSPS) is 12.3. The van der Waals surface area contributed by atoms with Gasteiger partial charge in [-0.25, -0.2) is 8.42 Å². The highest BCUT2D eigenvalue weighted by Gasteiger charge is 2.22. The third-order valence-electron chi connectivity index (χ3n) is 5.43. The standard InChI is InChI=1S/C25H28N2O3S/c1-5-24(23-12-7-6-9-19(23)3)26-25(28)20-10-8-11-21(17-20)27(4)31(29,30)22-15-13-18(2)14-16-22/h6-17,24H,5H2,1-4H3,(H,26,28). The Bertz CT molecular complexity index is 1170. The molecule has 0 spiro atoms. The number of carbonyl (C=O) groups excluding carboxylic acids is 1. The minimum atomic E-state index is -3.73. The molecule has 0 radical (unpaired) electrons. The fraction of sp³-hybridized carbons (Fsp3) is 0.240. The fourth-order valence-corrected chi connectivity index (χ4v) is 4.66. The monoisotopic (exact) mass is 436 g/mol. The third kappa shape index (κ3) is 4.97. The molecule has 5 nitrogen and oxygen atoms in total. The summed E-state index contributed by atoms with van der Waals surface area (Å²) in [6, 6.07) is 21.2. The van der Waals surface area contributed by atoms with E-state index in [0.717, 1.165) is 23.1 Å². The van der Waals surface area contributed by atoms with Gasteiger partial charge >= 0.3 is 0 Å². The Labute approximate surface area is 184 Å². The molecular weight excluding hydrogens is 408 g/mol. The number of aryl methyl sites for hydroxylation is 2. The molecule has 1 amide bonds. The summed E-state index contributed by atoms with van der Waals surface area (Å²) in [5, 5.41) is 3.08. The zero-order valence-electron chi connectivity index (χ0n) is 18.3. The van der Waals surface area contributed by atoms with Crippen LogP contribution >= 0.6 is 0 Å². The van der Waals surface area contributed by atoms with Gasteiger partial charge in [0.25, 0.3) is 15.9 Å². The van der Waals surface area contributed by atoms with Gasteiger partial charge in [-0.3, -0.25) is 9.10 Å². The van der Waals surface area contributed by atoms with Crippen LogP contribution in [0, 0.1) is 13.8 Å². The molecule has 1 N–H and O–H groups in total. The minimum Gasteiger partial charge on any atom is -0.345 e. The molecule has 0 heterocycles. The van der Waals surface area contributed by atoms with E-state index in [1.165, 1.54) is 11.4 Å². The van der Waals surface area contributed by atoms with Crippen LogP contribution in [-0.2, 0) is 10.0 Å². The van der Waals surface area contributed by atoms with Crippen LogP contribution in [0.15, 0.2) is 77.7 Å².